The van der Waals surface area contributed by atoms with E-state index in [-0.39, 0.29) is 24.0 Å². The first-order valence-corrected chi connectivity index (χ1v) is 7.70. The van der Waals surface area contributed by atoms with Crippen LogP contribution in [-0.2, 0) is 4.74 Å². The van der Waals surface area contributed by atoms with Crippen molar-refractivity contribution in [3.05, 3.63) is 0 Å². The molecule has 0 aromatic carbocycles. The summed E-state index contributed by atoms with van der Waals surface area (Å²) in [4.78, 5) is 4.30. The van der Waals surface area contributed by atoms with Crippen molar-refractivity contribution in [1.29, 1.82) is 0 Å². The number of halogens is 1. The maximum Gasteiger partial charge on any atom is 0.190 e. The van der Waals surface area contributed by atoms with Gasteiger partial charge in [-0.05, 0) is 31.1 Å². The van der Waals surface area contributed by atoms with E-state index in [0.717, 1.165) is 32.1 Å². The Morgan fingerprint density at radius 3 is 2.50 bits per heavy atom. The zero-order valence-electron chi connectivity index (χ0n) is 13.3. The Balaban J connectivity index is 0.00000361. The summed E-state index contributed by atoms with van der Waals surface area (Å²) >= 11 is 0. The standard InChI is InChI=1S/C15H31N3O.HI/c1-4-5-11-17-14(16-2)18-13-15(10-12-19-3)8-6-7-9-15;/h4-13H2,1-3H3,(H2,16,17,18);1H. The van der Waals surface area contributed by atoms with E-state index in [0.29, 0.717) is 5.41 Å². The monoisotopic (exact) mass is 397 g/mol. The molecule has 0 aromatic rings. The average molecular weight is 397 g/mol. The highest BCUT2D eigenvalue weighted by Gasteiger charge is 2.33. The Hall–Kier alpha value is -0.0400. The predicted octanol–water partition coefficient (Wildman–Crippen LogP) is 3.17. The third-order valence-electron chi connectivity index (χ3n) is 4.18. The molecular formula is C15H32IN3O. The van der Waals surface area contributed by atoms with Gasteiger partial charge < -0.3 is 15.4 Å². The molecule has 1 fully saturated rings. The number of rotatable bonds is 8. The summed E-state index contributed by atoms with van der Waals surface area (Å²) in [5.74, 6) is 0.942. The summed E-state index contributed by atoms with van der Waals surface area (Å²) < 4.78 is 5.27. The summed E-state index contributed by atoms with van der Waals surface area (Å²) in [5, 5.41) is 6.88. The third kappa shape index (κ3) is 7.11. The first-order chi connectivity index (χ1) is 9.26. The first-order valence-electron chi connectivity index (χ1n) is 7.70. The van der Waals surface area contributed by atoms with Gasteiger partial charge in [0.2, 0.25) is 0 Å². The molecule has 2 N–H and O–H groups in total. The predicted molar refractivity (Wildman–Crippen MR) is 97.1 cm³/mol. The highest BCUT2D eigenvalue weighted by molar-refractivity contribution is 14.0. The molecule has 5 heteroatoms. The third-order valence-corrected chi connectivity index (χ3v) is 4.18. The number of aliphatic imine (C=N–C) groups is 1. The highest BCUT2D eigenvalue weighted by Crippen LogP contribution is 2.40. The summed E-state index contributed by atoms with van der Waals surface area (Å²) in [6, 6.07) is 0. The van der Waals surface area contributed by atoms with E-state index in [2.05, 4.69) is 22.5 Å². The SMILES string of the molecule is CCCCNC(=NC)NCC1(CCOC)CCCC1.I. The van der Waals surface area contributed by atoms with Crippen molar-refractivity contribution in [2.75, 3.05) is 33.9 Å². The van der Waals surface area contributed by atoms with Crippen LogP contribution in [0.4, 0.5) is 0 Å². The zero-order chi connectivity index (χ0) is 14.0. The van der Waals surface area contributed by atoms with Gasteiger partial charge in [0.05, 0.1) is 0 Å². The lowest BCUT2D eigenvalue weighted by Crippen LogP contribution is -2.43. The normalized spacial score (nSPS) is 17.6. The van der Waals surface area contributed by atoms with E-state index in [1.54, 1.807) is 7.11 Å². The van der Waals surface area contributed by atoms with Crippen LogP contribution in [-0.4, -0.2) is 39.8 Å². The molecule has 120 valence electrons. The summed E-state index contributed by atoms with van der Waals surface area (Å²) in [5.41, 5.74) is 0.415. The van der Waals surface area contributed by atoms with E-state index in [4.69, 9.17) is 4.74 Å². The molecule has 0 atom stereocenters. The Morgan fingerprint density at radius 2 is 1.95 bits per heavy atom. The molecule has 0 unspecified atom stereocenters. The molecule has 0 aliphatic heterocycles. The second-order valence-corrected chi connectivity index (χ2v) is 5.66. The van der Waals surface area contributed by atoms with Gasteiger partial charge in [-0.1, -0.05) is 26.2 Å². The minimum Gasteiger partial charge on any atom is -0.385 e. The summed E-state index contributed by atoms with van der Waals surface area (Å²) in [6.07, 6.45) is 8.89. The lowest BCUT2D eigenvalue weighted by Gasteiger charge is -2.29. The van der Waals surface area contributed by atoms with Crippen LogP contribution in [0.2, 0.25) is 0 Å². The van der Waals surface area contributed by atoms with E-state index in [1.165, 1.54) is 38.5 Å². The molecule has 0 bridgehead atoms. The molecule has 0 radical (unpaired) electrons. The molecule has 1 aliphatic rings. The van der Waals surface area contributed by atoms with E-state index < -0.39 is 0 Å². The lowest BCUT2D eigenvalue weighted by molar-refractivity contribution is 0.138. The second kappa shape index (κ2) is 11.6. The van der Waals surface area contributed by atoms with Crippen LogP contribution in [0.25, 0.3) is 0 Å². The van der Waals surface area contributed by atoms with Gasteiger partial charge in [-0.15, -0.1) is 24.0 Å². The molecular weight excluding hydrogens is 365 g/mol. The Kier molecular flexibility index (Phi) is 11.6. The Bertz CT molecular complexity index is 266. The minimum atomic E-state index is 0. The first kappa shape index (κ1) is 20.0. The fourth-order valence-corrected chi connectivity index (χ4v) is 2.83. The van der Waals surface area contributed by atoms with E-state index in [9.17, 15) is 0 Å². The minimum absolute atomic E-state index is 0. The number of guanidine groups is 1. The molecule has 0 spiro atoms. The van der Waals surface area contributed by atoms with Crippen LogP contribution in [0.3, 0.4) is 0 Å². The van der Waals surface area contributed by atoms with Gasteiger partial charge in [-0.2, -0.15) is 0 Å². The van der Waals surface area contributed by atoms with Gasteiger partial charge in [0.25, 0.3) is 0 Å². The molecule has 1 aliphatic carbocycles. The zero-order valence-corrected chi connectivity index (χ0v) is 15.7. The van der Waals surface area contributed by atoms with E-state index in [1.807, 2.05) is 7.05 Å². The largest absolute Gasteiger partial charge is 0.385 e. The average Bonchev–Trinajstić information content (AvgIpc) is 2.90. The molecule has 4 nitrogen and oxygen atoms in total. The van der Waals surface area contributed by atoms with Crippen molar-refractivity contribution >= 4 is 29.9 Å². The van der Waals surface area contributed by atoms with Crippen molar-refractivity contribution in [1.82, 2.24) is 10.6 Å². The Morgan fingerprint density at radius 1 is 1.25 bits per heavy atom. The number of nitrogens with zero attached hydrogens (tertiary/aromatic N) is 1. The van der Waals surface area contributed by atoms with Gasteiger partial charge in [-0.25, -0.2) is 0 Å². The molecule has 1 rings (SSSR count). The second-order valence-electron chi connectivity index (χ2n) is 5.66. The van der Waals surface area contributed by atoms with Crippen molar-refractivity contribution in [2.24, 2.45) is 10.4 Å². The van der Waals surface area contributed by atoms with Gasteiger partial charge in [-0.3, -0.25) is 4.99 Å². The van der Waals surface area contributed by atoms with Crippen molar-refractivity contribution in [3.63, 3.8) is 0 Å². The fraction of sp³-hybridized carbons (Fsp3) is 0.933. The molecule has 1 saturated carbocycles. The van der Waals surface area contributed by atoms with Gasteiger partial charge in [0.15, 0.2) is 5.96 Å². The summed E-state index contributed by atoms with van der Waals surface area (Å²) in [6.45, 7) is 5.09. The quantitative estimate of drug-likeness (QED) is 0.286. The van der Waals surface area contributed by atoms with Crippen LogP contribution in [0, 0.1) is 5.41 Å². The van der Waals surface area contributed by atoms with Crippen molar-refractivity contribution in [3.8, 4) is 0 Å². The number of nitrogens with one attached hydrogen (secondary N) is 2. The lowest BCUT2D eigenvalue weighted by atomic mass is 9.83. The molecule has 0 amide bonds. The topological polar surface area (TPSA) is 45.7 Å². The number of methoxy groups -OCH3 is 1. The number of hydrogen-bond acceptors (Lipinski definition) is 2. The molecule has 0 heterocycles. The molecule has 0 saturated heterocycles. The van der Waals surface area contributed by atoms with Crippen LogP contribution in [0.1, 0.15) is 51.9 Å². The smallest absolute Gasteiger partial charge is 0.190 e. The fourth-order valence-electron chi connectivity index (χ4n) is 2.83. The summed E-state index contributed by atoms with van der Waals surface area (Å²) in [7, 11) is 3.64. The van der Waals surface area contributed by atoms with Gasteiger partial charge >= 0.3 is 0 Å². The number of ether oxygens (including phenoxy) is 1. The van der Waals surface area contributed by atoms with Gasteiger partial charge in [0.1, 0.15) is 0 Å². The molecule has 0 aromatic heterocycles. The maximum atomic E-state index is 5.27. The van der Waals surface area contributed by atoms with Crippen molar-refractivity contribution in [2.45, 2.75) is 51.9 Å². The maximum absolute atomic E-state index is 5.27. The number of hydrogen-bond donors (Lipinski definition) is 2. The van der Waals surface area contributed by atoms with Crippen LogP contribution in [0.15, 0.2) is 4.99 Å². The van der Waals surface area contributed by atoms with Crippen LogP contribution in [0.5, 0.6) is 0 Å². The van der Waals surface area contributed by atoms with Gasteiger partial charge in [0, 0.05) is 33.9 Å². The number of unbranched alkanes of at least 4 members (excludes halogenated alkanes) is 1. The molecule has 20 heavy (non-hydrogen) atoms. The van der Waals surface area contributed by atoms with Crippen LogP contribution < -0.4 is 10.6 Å². The highest BCUT2D eigenvalue weighted by atomic mass is 127. The van der Waals surface area contributed by atoms with Crippen molar-refractivity contribution < 1.29 is 4.74 Å². The van der Waals surface area contributed by atoms with Crippen LogP contribution >= 0.6 is 24.0 Å². The Labute approximate surface area is 141 Å². The van der Waals surface area contributed by atoms with E-state index >= 15 is 0 Å².